The van der Waals surface area contributed by atoms with Gasteiger partial charge in [0.2, 0.25) is 0 Å². The van der Waals surface area contributed by atoms with Crippen molar-refractivity contribution in [2.24, 2.45) is 0 Å². The first-order valence-corrected chi connectivity index (χ1v) is 8.84. The summed E-state index contributed by atoms with van der Waals surface area (Å²) in [6.45, 7) is 0.703. The number of nitrogens with one attached hydrogen (secondary N) is 1. The van der Waals surface area contributed by atoms with Crippen LogP contribution in [0.5, 0.6) is 5.75 Å². The standard InChI is InChI=1S/C21H19N3O3/c25-20-11-10-18(23-24(20)14-15-6-2-1-3-7-15)21(26)22-13-17-12-16-8-4-5-9-19(16)27-17/h1-11,17H,12-14H2,(H,22,26)/t17-/m1/s1. The number of amides is 1. The molecular weight excluding hydrogens is 342 g/mol. The summed E-state index contributed by atoms with van der Waals surface area (Å²) < 4.78 is 7.12. The summed E-state index contributed by atoms with van der Waals surface area (Å²) in [5, 5.41) is 7.05. The molecule has 2 heterocycles. The Morgan fingerprint density at radius 1 is 1.07 bits per heavy atom. The van der Waals surface area contributed by atoms with Crippen molar-refractivity contribution in [3.63, 3.8) is 0 Å². The van der Waals surface area contributed by atoms with Gasteiger partial charge < -0.3 is 10.1 Å². The van der Waals surface area contributed by atoms with Crippen LogP contribution in [-0.2, 0) is 13.0 Å². The molecule has 0 spiro atoms. The van der Waals surface area contributed by atoms with Crippen molar-refractivity contribution in [2.75, 3.05) is 6.54 Å². The van der Waals surface area contributed by atoms with E-state index in [1.165, 1.54) is 16.8 Å². The summed E-state index contributed by atoms with van der Waals surface area (Å²) in [4.78, 5) is 24.5. The Kier molecular flexibility index (Phi) is 4.70. The van der Waals surface area contributed by atoms with Crippen molar-refractivity contribution in [3.05, 3.63) is 93.9 Å². The minimum Gasteiger partial charge on any atom is -0.488 e. The molecule has 1 aromatic heterocycles. The van der Waals surface area contributed by atoms with E-state index >= 15 is 0 Å². The van der Waals surface area contributed by atoms with Gasteiger partial charge in [0.15, 0.2) is 0 Å². The van der Waals surface area contributed by atoms with E-state index in [0.717, 1.165) is 23.3 Å². The topological polar surface area (TPSA) is 73.2 Å². The second kappa shape index (κ2) is 7.45. The predicted molar refractivity (Wildman–Crippen MR) is 101 cm³/mol. The Hall–Kier alpha value is -3.41. The Morgan fingerprint density at radius 3 is 2.67 bits per heavy atom. The molecule has 1 amide bonds. The maximum Gasteiger partial charge on any atom is 0.271 e. The van der Waals surface area contributed by atoms with Crippen LogP contribution in [0.4, 0.5) is 0 Å². The van der Waals surface area contributed by atoms with Crippen LogP contribution in [-0.4, -0.2) is 28.3 Å². The fourth-order valence-electron chi connectivity index (χ4n) is 3.10. The molecule has 2 aromatic carbocycles. The van der Waals surface area contributed by atoms with Crippen LogP contribution < -0.4 is 15.6 Å². The molecule has 0 fully saturated rings. The molecule has 0 saturated carbocycles. The van der Waals surface area contributed by atoms with Gasteiger partial charge in [-0.05, 0) is 23.3 Å². The fraction of sp³-hybridized carbons (Fsp3) is 0.190. The number of aromatic nitrogens is 2. The average molecular weight is 361 g/mol. The van der Waals surface area contributed by atoms with Crippen LogP contribution in [0.25, 0.3) is 0 Å². The second-order valence-electron chi connectivity index (χ2n) is 6.46. The van der Waals surface area contributed by atoms with E-state index in [0.29, 0.717) is 13.1 Å². The number of nitrogens with zero attached hydrogens (tertiary/aromatic N) is 2. The highest BCUT2D eigenvalue weighted by Crippen LogP contribution is 2.27. The lowest BCUT2D eigenvalue weighted by Crippen LogP contribution is -2.36. The zero-order valence-corrected chi connectivity index (χ0v) is 14.7. The third kappa shape index (κ3) is 3.89. The monoisotopic (exact) mass is 361 g/mol. The number of benzene rings is 2. The van der Waals surface area contributed by atoms with Gasteiger partial charge in [0, 0.05) is 12.5 Å². The lowest BCUT2D eigenvalue weighted by atomic mass is 10.1. The summed E-state index contributed by atoms with van der Waals surface area (Å²) in [6, 6.07) is 20.2. The van der Waals surface area contributed by atoms with E-state index < -0.39 is 0 Å². The first-order chi connectivity index (χ1) is 13.2. The van der Waals surface area contributed by atoms with Crippen molar-refractivity contribution in [2.45, 2.75) is 19.1 Å². The van der Waals surface area contributed by atoms with E-state index in [-0.39, 0.29) is 23.3 Å². The Bertz CT molecular complexity index is 989. The minimum atomic E-state index is -0.323. The second-order valence-corrected chi connectivity index (χ2v) is 6.46. The molecule has 0 bridgehead atoms. The molecule has 27 heavy (non-hydrogen) atoms. The summed E-state index contributed by atoms with van der Waals surface area (Å²) in [5.74, 6) is 0.544. The minimum absolute atomic E-state index is 0.0958. The lowest BCUT2D eigenvalue weighted by molar-refractivity contribution is 0.0926. The summed E-state index contributed by atoms with van der Waals surface area (Å²) in [7, 11) is 0. The summed E-state index contributed by atoms with van der Waals surface area (Å²) in [6.07, 6.45) is 0.666. The first-order valence-electron chi connectivity index (χ1n) is 8.84. The van der Waals surface area contributed by atoms with Crippen molar-refractivity contribution in [1.29, 1.82) is 0 Å². The Labute approximate surface area is 156 Å². The number of para-hydroxylation sites is 1. The van der Waals surface area contributed by atoms with Gasteiger partial charge in [-0.1, -0.05) is 48.5 Å². The van der Waals surface area contributed by atoms with Crippen LogP contribution >= 0.6 is 0 Å². The summed E-state index contributed by atoms with van der Waals surface area (Å²) in [5.41, 5.74) is 2.05. The molecule has 1 atom stereocenters. The third-order valence-corrected chi connectivity index (χ3v) is 4.48. The molecule has 4 rings (SSSR count). The van der Waals surface area contributed by atoms with E-state index in [2.05, 4.69) is 10.4 Å². The van der Waals surface area contributed by atoms with Gasteiger partial charge in [-0.2, -0.15) is 5.10 Å². The maximum atomic E-state index is 12.4. The highest BCUT2D eigenvalue weighted by Gasteiger charge is 2.23. The van der Waals surface area contributed by atoms with E-state index in [4.69, 9.17) is 4.74 Å². The first kappa shape index (κ1) is 17.0. The number of ether oxygens (including phenoxy) is 1. The molecule has 1 N–H and O–H groups in total. The van der Waals surface area contributed by atoms with Gasteiger partial charge in [0.1, 0.15) is 17.5 Å². The van der Waals surface area contributed by atoms with Gasteiger partial charge >= 0.3 is 0 Å². The van der Waals surface area contributed by atoms with Crippen LogP contribution in [0.3, 0.4) is 0 Å². The van der Waals surface area contributed by atoms with Crippen LogP contribution in [0, 0.1) is 0 Å². The Balaban J connectivity index is 1.40. The molecule has 6 heteroatoms. The van der Waals surface area contributed by atoms with Gasteiger partial charge in [-0.3, -0.25) is 9.59 Å². The van der Waals surface area contributed by atoms with Crippen molar-refractivity contribution < 1.29 is 9.53 Å². The SMILES string of the molecule is O=C(NC[C@H]1Cc2ccccc2O1)c1ccc(=O)n(Cc2ccccc2)n1. The summed E-state index contributed by atoms with van der Waals surface area (Å²) >= 11 is 0. The normalized spacial score (nSPS) is 15.0. The molecule has 0 aliphatic carbocycles. The zero-order valence-electron chi connectivity index (χ0n) is 14.7. The van der Waals surface area contributed by atoms with Crippen LogP contribution in [0.2, 0.25) is 0 Å². The third-order valence-electron chi connectivity index (χ3n) is 4.48. The molecule has 0 unspecified atom stereocenters. The van der Waals surface area contributed by atoms with Crippen molar-refractivity contribution >= 4 is 5.91 Å². The highest BCUT2D eigenvalue weighted by atomic mass is 16.5. The van der Waals surface area contributed by atoms with Crippen molar-refractivity contribution in [1.82, 2.24) is 15.1 Å². The number of hydrogen-bond acceptors (Lipinski definition) is 4. The smallest absolute Gasteiger partial charge is 0.271 e. The number of carbonyl (C=O) groups excluding carboxylic acids is 1. The van der Waals surface area contributed by atoms with Gasteiger partial charge in [0.05, 0.1) is 13.1 Å². The number of fused-ring (bicyclic) bond motifs is 1. The maximum absolute atomic E-state index is 12.4. The molecule has 0 radical (unpaired) electrons. The highest BCUT2D eigenvalue weighted by molar-refractivity contribution is 5.92. The van der Waals surface area contributed by atoms with Gasteiger partial charge in [-0.25, -0.2) is 4.68 Å². The molecule has 6 nitrogen and oxygen atoms in total. The van der Waals surface area contributed by atoms with E-state index in [9.17, 15) is 9.59 Å². The number of rotatable bonds is 5. The molecule has 0 saturated heterocycles. The Morgan fingerprint density at radius 2 is 1.85 bits per heavy atom. The average Bonchev–Trinajstić information content (AvgIpc) is 3.11. The van der Waals surface area contributed by atoms with Gasteiger partial charge in [0.25, 0.3) is 11.5 Å². The molecule has 3 aromatic rings. The van der Waals surface area contributed by atoms with Gasteiger partial charge in [-0.15, -0.1) is 0 Å². The van der Waals surface area contributed by atoms with E-state index in [1.54, 1.807) is 0 Å². The number of hydrogen-bond donors (Lipinski definition) is 1. The quantitative estimate of drug-likeness (QED) is 0.755. The van der Waals surface area contributed by atoms with Crippen LogP contribution in [0.15, 0.2) is 71.5 Å². The van der Waals surface area contributed by atoms with Crippen molar-refractivity contribution in [3.8, 4) is 5.75 Å². The molecule has 1 aliphatic rings. The molecule has 136 valence electrons. The lowest BCUT2D eigenvalue weighted by Gasteiger charge is -2.12. The van der Waals surface area contributed by atoms with E-state index in [1.807, 2.05) is 54.6 Å². The van der Waals surface area contributed by atoms with Crippen LogP contribution in [0.1, 0.15) is 21.6 Å². The predicted octanol–water partition coefficient (Wildman–Crippen LogP) is 2.03. The largest absolute Gasteiger partial charge is 0.488 e. The molecule has 1 aliphatic heterocycles. The molecular formula is C21H19N3O3. The zero-order chi connectivity index (χ0) is 18.6. The number of carbonyl (C=O) groups is 1. The fourth-order valence-corrected chi connectivity index (χ4v) is 3.10.